The molecule has 0 bridgehead atoms. The molecule has 0 saturated carbocycles. The van der Waals surface area contributed by atoms with E-state index < -0.39 is 0 Å². The zero-order valence-electron chi connectivity index (χ0n) is 11.6. The van der Waals surface area contributed by atoms with Gasteiger partial charge in [0.2, 0.25) is 0 Å². The van der Waals surface area contributed by atoms with E-state index in [1.165, 1.54) is 6.07 Å². The van der Waals surface area contributed by atoms with E-state index in [2.05, 4.69) is 21.2 Å². The summed E-state index contributed by atoms with van der Waals surface area (Å²) in [6.45, 7) is 3.94. The lowest BCUT2D eigenvalue weighted by Gasteiger charge is -2.22. The highest BCUT2D eigenvalue weighted by molar-refractivity contribution is 9.10. The molecule has 4 heteroatoms. The quantitative estimate of drug-likeness (QED) is 0.800. The summed E-state index contributed by atoms with van der Waals surface area (Å²) in [6, 6.07) is 8.73. The number of benzene rings is 2. The fraction of sp³-hybridized carbons (Fsp3) is 0.250. The van der Waals surface area contributed by atoms with Gasteiger partial charge in [-0.05, 0) is 55.8 Å². The van der Waals surface area contributed by atoms with Gasteiger partial charge in [-0.25, -0.2) is 4.39 Å². The number of nitrogens with one attached hydrogen (secondary N) is 1. The first-order valence-electron chi connectivity index (χ1n) is 6.33. The van der Waals surface area contributed by atoms with E-state index in [0.29, 0.717) is 5.56 Å². The molecule has 0 aliphatic rings. The third kappa shape index (κ3) is 2.90. The lowest BCUT2D eigenvalue weighted by molar-refractivity contribution is 0.573. The average Bonchev–Trinajstić information content (AvgIpc) is 2.39. The van der Waals surface area contributed by atoms with E-state index in [4.69, 9.17) is 11.6 Å². The zero-order chi connectivity index (χ0) is 14.9. The van der Waals surface area contributed by atoms with E-state index in [0.717, 1.165) is 26.2 Å². The standard InChI is InChI=1S/C16H16BrClFN/c1-9-8-13(18)10(2)7-11(9)16(20-3)15-12(17)5-4-6-14(15)19/h4-8,16,20H,1-3H3. The van der Waals surface area contributed by atoms with Gasteiger partial charge in [-0.3, -0.25) is 0 Å². The molecular weight excluding hydrogens is 341 g/mol. The lowest BCUT2D eigenvalue weighted by atomic mass is 9.93. The van der Waals surface area contributed by atoms with Crippen LogP contribution in [0.3, 0.4) is 0 Å². The smallest absolute Gasteiger partial charge is 0.129 e. The second-order valence-electron chi connectivity index (χ2n) is 4.82. The average molecular weight is 357 g/mol. The van der Waals surface area contributed by atoms with Crippen molar-refractivity contribution in [1.82, 2.24) is 5.32 Å². The number of hydrogen-bond donors (Lipinski definition) is 1. The van der Waals surface area contributed by atoms with Crippen molar-refractivity contribution < 1.29 is 4.39 Å². The number of halogens is 3. The van der Waals surface area contributed by atoms with Crippen molar-refractivity contribution in [3.8, 4) is 0 Å². The molecule has 0 spiro atoms. The first-order valence-corrected chi connectivity index (χ1v) is 7.50. The highest BCUT2D eigenvalue weighted by atomic mass is 79.9. The Morgan fingerprint density at radius 3 is 2.50 bits per heavy atom. The van der Waals surface area contributed by atoms with E-state index in [-0.39, 0.29) is 11.9 Å². The second kappa shape index (κ2) is 6.25. The predicted molar refractivity (Wildman–Crippen MR) is 85.9 cm³/mol. The predicted octanol–water partition coefficient (Wildman–Crippen LogP) is 5.17. The van der Waals surface area contributed by atoms with Crippen LogP contribution in [-0.4, -0.2) is 7.05 Å². The maximum atomic E-state index is 14.2. The largest absolute Gasteiger partial charge is 0.309 e. The summed E-state index contributed by atoms with van der Waals surface area (Å²) in [5.41, 5.74) is 3.66. The van der Waals surface area contributed by atoms with E-state index in [9.17, 15) is 4.39 Å². The van der Waals surface area contributed by atoms with Gasteiger partial charge in [0.15, 0.2) is 0 Å². The number of rotatable bonds is 3. The molecule has 1 nitrogen and oxygen atoms in total. The molecule has 0 aromatic heterocycles. The molecule has 2 aromatic carbocycles. The van der Waals surface area contributed by atoms with Gasteiger partial charge in [0, 0.05) is 15.1 Å². The Morgan fingerprint density at radius 2 is 1.90 bits per heavy atom. The summed E-state index contributed by atoms with van der Waals surface area (Å²) in [7, 11) is 1.83. The van der Waals surface area contributed by atoms with Crippen LogP contribution in [0.25, 0.3) is 0 Å². The highest BCUT2D eigenvalue weighted by Crippen LogP contribution is 2.34. The van der Waals surface area contributed by atoms with Crippen LogP contribution in [0, 0.1) is 19.7 Å². The molecule has 0 fully saturated rings. The van der Waals surface area contributed by atoms with Gasteiger partial charge in [-0.1, -0.05) is 39.7 Å². The monoisotopic (exact) mass is 355 g/mol. The molecule has 0 aliphatic heterocycles. The van der Waals surface area contributed by atoms with Crippen molar-refractivity contribution in [3.63, 3.8) is 0 Å². The Bertz CT molecular complexity index is 622. The van der Waals surface area contributed by atoms with Crippen LogP contribution < -0.4 is 5.32 Å². The zero-order valence-corrected chi connectivity index (χ0v) is 13.9. The molecule has 0 aliphatic carbocycles. The fourth-order valence-corrected chi connectivity index (χ4v) is 3.15. The molecule has 2 aromatic rings. The third-order valence-electron chi connectivity index (χ3n) is 3.44. The maximum Gasteiger partial charge on any atom is 0.129 e. The van der Waals surface area contributed by atoms with Gasteiger partial charge >= 0.3 is 0 Å². The summed E-state index contributed by atoms with van der Waals surface area (Å²) >= 11 is 9.58. The molecule has 0 radical (unpaired) electrons. The molecule has 2 rings (SSSR count). The van der Waals surface area contributed by atoms with Crippen molar-refractivity contribution in [1.29, 1.82) is 0 Å². The van der Waals surface area contributed by atoms with Crippen molar-refractivity contribution in [3.05, 3.63) is 67.9 Å². The van der Waals surface area contributed by atoms with Crippen molar-refractivity contribution in [2.75, 3.05) is 7.05 Å². The van der Waals surface area contributed by atoms with Crippen LogP contribution in [0.5, 0.6) is 0 Å². The van der Waals surface area contributed by atoms with Gasteiger partial charge in [0.05, 0.1) is 6.04 Å². The second-order valence-corrected chi connectivity index (χ2v) is 6.08. The molecular formula is C16H16BrClFN. The Labute approximate surface area is 132 Å². The van der Waals surface area contributed by atoms with E-state index >= 15 is 0 Å². The normalized spacial score (nSPS) is 12.5. The molecule has 106 valence electrons. The Morgan fingerprint density at radius 1 is 1.20 bits per heavy atom. The van der Waals surface area contributed by atoms with Crippen LogP contribution in [0.4, 0.5) is 4.39 Å². The van der Waals surface area contributed by atoms with Crippen LogP contribution in [0.15, 0.2) is 34.8 Å². The van der Waals surface area contributed by atoms with Gasteiger partial charge in [0.1, 0.15) is 5.82 Å². The van der Waals surface area contributed by atoms with Gasteiger partial charge in [-0.2, -0.15) is 0 Å². The van der Waals surface area contributed by atoms with Gasteiger partial charge in [0.25, 0.3) is 0 Å². The van der Waals surface area contributed by atoms with E-state index in [1.54, 1.807) is 6.07 Å². The Kier molecular flexibility index (Phi) is 4.84. The van der Waals surface area contributed by atoms with Crippen LogP contribution in [-0.2, 0) is 0 Å². The minimum absolute atomic E-state index is 0.221. The highest BCUT2D eigenvalue weighted by Gasteiger charge is 2.21. The van der Waals surface area contributed by atoms with Gasteiger partial charge in [-0.15, -0.1) is 0 Å². The molecule has 1 unspecified atom stereocenters. The third-order valence-corrected chi connectivity index (χ3v) is 4.53. The first kappa shape index (κ1) is 15.5. The summed E-state index contributed by atoms with van der Waals surface area (Å²) in [5.74, 6) is -0.231. The Hall–Kier alpha value is -0.900. The molecule has 1 atom stereocenters. The minimum atomic E-state index is -0.231. The summed E-state index contributed by atoms with van der Waals surface area (Å²) in [5, 5.41) is 3.92. The van der Waals surface area contributed by atoms with Gasteiger partial charge < -0.3 is 5.32 Å². The summed E-state index contributed by atoms with van der Waals surface area (Å²) in [4.78, 5) is 0. The van der Waals surface area contributed by atoms with Crippen LogP contribution in [0.2, 0.25) is 5.02 Å². The summed E-state index contributed by atoms with van der Waals surface area (Å²) < 4.78 is 14.9. The fourth-order valence-electron chi connectivity index (χ4n) is 2.36. The first-order chi connectivity index (χ1) is 9.45. The molecule has 0 heterocycles. The van der Waals surface area contributed by atoms with Crippen LogP contribution in [0.1, 0.15) is 28.3 Å². The number of hydrogen-bond acceptors (Lipinski definition) is 1. The maximum absolute atomic E-state index is 14.2. The Balaban J connectivity index is 2.62. The lowest BCUT2D eigenvalue weighted by Crippen LogP contribution is -2.20. The molecule has 0 saturated heterocycles. The minimum Gasteiger partial charge on any atom is -0.309 e. The molecule has 1 N–H and O–H groups in total. The van der Waals surface area contributed by atoms with E-state index in [1.807, 2.05) is 39.1 Å². The van der Waals surface area contributed by atoms with Crippen molar-refractivity contribution in [2.24, 2.45) is 0 Å². The number of aryl methyl sites for hydroxylation is 2. The molecule has 20 heavy (non-hydrogen) atoms. The molecule has 0 amide bonds. The topological polar surface area (TPSA) is 12.0 Å². The van der Waals surface area contributed by atoms with Crippen LogP contribution >= 0.6 is 27.5 Å². The van der Waals surface area contributed by atoms with Crippen molar-refractivity contribution >= 4 is 27.5 Å². The summed E-state index contributed by atoms with van der Waals surface area (Å²) in [6.07, 6.45) is 0. The van der Waals surface area contributed by atoms with Crippen molar-refractivity contribution in [2.45, 2.75) is 19.9 Å². The SMILES string of the molecule is CNC(c1cc(C)c(Cl)cc1C)c1c(F)cccc1Br.